The van der Waals surface area contributed by atoms with Crippen molar-refractivity contribution in [3.63, 3.8) is 0 Å². The second-order valence-corrected chi connectivity index (χ2v) is 8.13. The first-order valence-corrected chi connectivity index (χ1v) is 10.3. The second kappa shape index (κ2) is 7.51. The average Bonchev–Trinajstić information content (AvgIpc) is 3.09. The minimum absolute atomic E-state index is 0.170. The van der Waals surface area contributed by atoms with Crippen LogP contribution in [0.15, 0.2) is 66.7 Å². The monoisotopic (exact) mass is 411 g/mol. The van der Waals surface area contributed by atoms with Gasteiger partial charge in [-0.3, -0.25) is 14.6 Å². The molecule has 0 N–H and O–H groups in total. The molecule has 31 heavy (non-hydrogen) atoms. The maximum atomic E-state index is 13.1. The number of hydrogen-bond acceptors (Lipinski definition) is 5. The molecule has 0 saturated heterocycles. The molecule has 0 radical (unpaired) electrons. The molecule has 3 heterocycles. The van der Waals surface area contributed by atoms with Gasteiger partial charge in [-0.25, -0.2) is 0 Å². The number of fused-ring (bicyclic) bond motifs is 3. The molecule has 0 aliphatic carbocycles. The maximum absolute atomic E-state index is 13.1. The second-order valence-electron chi connectivity index (χ2n) is 8.13. The van der Waals surface area contributed by atoms with Crippen molar-refractivity contribution < 1.29 is 19.1 Å². The highest BCUT2D eigenvalue weighted by Crippen LogP contribution is 2.48. The summed E-state index contributed by atoms with van der Waals surface area (Å²) in [5.41, 5.74) is 4.28. The fraction of sp³-hybridized carbons (Fsp3) is 0.192. The standard InChI is InChI=1S/C26H21NO4/c1-15(2)17-5-3-16(4-6-17)13-22-25(29)19-7-8-21-24(26(19)31-22)20(14-23(28)30-21)18-9-11-27-12-10-18/h3-13,15,20H,14H2,1-2H3/b22-13-/t20-/m0/s1. The van der Waals surface area contributed by atoms with E-state index in [-0.39, 0.29) is 29.9 Å². The molecular formula is C26H21NO4. The molecule has 0 bridgehead atoms. The largest absolute Gasteiger partial charge is 0.452 e. The zero-order valence-corrected chi connectivity index (χ0v) is 17.3. The Morgan fingerprint density at radius 1 is 0.968 bits per heavy atom. The third kappa shape index (κ3) is 3.42. The highest BCUT2D eigenvalue weighted by Gasteiger charge is 2.38. The summed E-state index contributed by atoms with van der Waals surface area (Å²) in [5.74, 6) is 0.886. The molecule has 0 unspecified atom stereocenters. The van der Waals surface area contributed by atoms with E-state index in [0.29, 0.717) is 23.0 Å². The predicted molar refractivity (Wildman–Crippen MR) is 116 cm³/mol. The zero-order chi connectivity index (χ0) is 21.5. The van der Waals surface area contributed by atoms with Crippen molar-refractivity contribution in [3.05, 3.63) is 94.5 Å². The highest BCUT2D eigenvalue weighted by atomic mass is 16.5. The van der Waals surface area contributed by atoms with Crippen LogP contribution >= 0.6 is 0 Å². The van der Waals surface area contributed by atoms with E-state index in [0.717, 1.165) is 16.7 Å². The van der Waals surface area contributed by atoms with Crippen molar-refractivity contribution >= 4 is 17.8 Å². The van der Waals surface area contributed by atoms with Crippen LogP contribution in [0.4, 0.5) is 0 Å². The van der Waals surface area contributed by atoms with Crippen LogP contribution in [-0.2, 0) is 4.79 Å². The number of benzene rings is 2. The Morgan fingerprint density at radius 2 is 1.71 bits per heavy atom. The molecule has 1 atom stereocenters. The molecule has 3 aromatic rings. The molecule has 0 amide bonds. The molecule has 0 spiro atoms. The van der Waals surface area contributed by atoms with E-state index < -0.39 is 0 Å². The SMILES string of the molecule is CC(C)c1ccc(/C=C2\Oc3c(ccc4c3[C@H](c3ccncc3)CC(=O)O4)C2=O)cc1. The lowest BCUT2D eigenvalue weighted by Crippen LogP contribution is -2.21. The summed E-state index contributed by atoms with van der Waals surface area (Å²) >= 11 is 0. The quantitative estimate of drug-likeness (QED) is 0.334. The first-order chi connectivity index (χ1) is 15.0. The van der Waals surface area contributed by atoms with E-state index in [1.165, 1.54) is 5.56 Å². The lowest BCUT2D eigenvalue weighted by molar-refractivity contribution is -0.135. The van der Waals surface area contributed by atoms with Crippen LogP contribution in [0.5, 0.6) is 11.5 Å². The summed E-state index contributed by atoms with van der Waals surface area (Å²) in [5, 5.41) is 0. The summed E-state index contributed by atoms with van der Waals surface area (Å²) in [6.07, 6.45) is 5.32. The van der Waals surface area contributed by atoms with Crippen molar-refractivity contribution in [3.8, 4) is 11.5 Å². The molecule has 154 valence electrons. The van der Waals surface area contributed by atoms with E-state index in [1.807, 2.05) is 24.3 Å². The van der Waals surface area contributed by atoms with Crippen molar-refractivity contribution in [2.75, 3.05) is 0 Å². The number of esters is 1. The van der Waals surface area contributed by atoms with Gasteiger partial charge in [-0.05, 0) is 52.9 Å². The van der Waals surface area contributed by atoms with Gasteiger partial charge < -0.3 is 9.47 Å². The summed E-state index contributed by atoms with van der Waals surface area (Å²) in [4.78, 5) is 29.3. The van der Waals surface area contributed by atoms with Gasteiger partial charge in [0.25, 0.3) is 0 Å². The minimum atomic E-state index is -0.306. The van der Waals surface area contributed by atoms with Crippen molar-refractivity contribution in [2.24, 2.45) is 0 Å². The fourth-order valence-electron chi connectivity index (χ4n) is 4.12. The molecule has 5 rings (SSSR count). The van der Waals surface area contributed by atoms with Crippen LogP contribution in [0.2, 0.25) is 0 Å². The van der Waals surface area contributed by atoms with Crippen molar-refractivity contribution in [1.29, 1.82) is 0 Å². The van der Waals surface area contributed by atoms with Crippen molar-refractivity contribution in [1.82, 2.24) is 4.98 Å². The van der Waals surface area contributed by atoms with Gasteiger partial charge in [-0.1, -0.05) is 38.1 Å². The Bertz CT molecular complexity index is 1210. The molecule has 2 aliphatic heterocycles. The van der Waals surface area contributed by atoms with Crippen LogP contribution in [0.3, 0.4) is 0 Å². The molecule has 2 aliphatic rings. The Morgan fingerprint density at radius 3 is 2.42 bits per heavy atom. The number of aromatic nitrogens is 1. The molecule has 0 saturated carbocycles. The molecule has 2 aromatic carbocycles. The van der Waals surface area contributed by atoms with Crippen LogP contribution < -0.4 is 9.47 Å². The summed E-state index contributed by atoms with van der Waals surface area (Å²) in [6.45, 7) is 4.28. The molecule has 5 heteroatoms. The molecule has 5 nitrogen and oxygen atoms in total. The lowest BCUT2D eigenvalue weighted by atomic mass is 9.85. The number of rotatable bonds is 3. The first-order valence-electron chi connectivity index (χ1n) is 10.3. The average molecular weight is 411 g/mol. The number of Topliss-reactive ketones (excluding diaryl/α,β-unsaturated/α-hetero) is 1. The van der Waals surface area contributed by atoms with E-state index in [4.69, 9.17) is 9.47 Å². The number of hydrogen-bond donors (Lipinski definition) is 0. The van der Waals surface area contributed by atoms with Gasteiger partial charge >= 0.3 is 5.97 Å². The van der Waals surface area contributed by atoms with Gasteiger partial charge in [-0.2, -0.15) is 0 Å². The fourth-order valence-corrected chi connectivity index (χ4v) is 4.12. The predicted octanol–water partition coefficient (Wildman–Crippen LogP) is 5.26. The van der Waals surface area contributed by atoms with E-state index in [9.17, 15) is 9.59 Å². The van der Waals surface area contributed by atoms with Gasteiger partial charge in [0, 0.05) is 23.9 Å². The smallest absolute Gasteiger partial charge is 0.312 e. The lowest BCUT2D eigenvalue weighted by Gasteiger charge is -2.26. The van der Waals surface area contributed by atoms with Crippen LogP contribution in [0.1, 0.15) is 64.7 Å². The van der Waals surface area contributed by atoms with E-state index in [2.05, 4.69) is 31.0 Å². The number of ketones is 1. The number of nitrogens with zero attached hydrogens (tertiary/aromatic N) is 1. The third-order valence-corrected chi connectivity index (χ3v) is 5.79. The Kier molecular flexibility index (Phi) is 4.66. The number of allylic oxidation sites excluding steroid dienone is 1. The van der Waals surface area contributed by atoms with Crippen LogP contribution in [0, 0.1) is 0 Å². The number of pyridine rings is 1. The minimum Gasteiger partial charge on any atom is -0.452 e. The highest BCUT2D eigenvalue weighted by molar-refractivity contribution is 6.15. The first kappa shape index (κ1) is 19.2. The van der Waals surface area contributed by atoms with E-state index in [1.54, 1.807) is 30.6 Å². The van der Waals surface area contributed by atoms with Gasteiger partial charge in [0.15, 0.2) is 5.76 Å². The Hall–Kier alpha value is -3.73. The van der Waals surface area contributed by atoms with Crippen LogP contribution in [-0.4, -0.2) is 16.7 Å². The Balaban J connectivity index is 1.56. The summed E-state index contributed by atoms with van der Waals surface area (Å²) in [6, 6.07) is 15.2. The summed E-state index contributed by atoms with van der Waals surface area (Å²) < 4.78 is 11.6. The zero-order valence-electron chi connectivity index (χ0n) is 17.3. The van der Waals surface area contributed by atoms with Gasteiger partial charge in [0.2, 0.25) is 5.78 Å². The number of carbonyl (C=O) groups excluding carboxylic acids is 2. The van der Waals surface area contributed by atoms with Gasteiger partial charge in [0.05, 0.1) is 12.0 Å². The summed E-state index contributed by atoms with van der Waals surface area (Å²) in [7, 11) is 0. The molecule has 0 fully saturated rings. The Labute approximate surface area is 180 Å². The number of ether oxygens (including phenoxy) is 2. The van der Waals surface area contributed by atoms with Crippen LogP contribution in [0.25, 0.3) is 6.08 Å². The van der Waals surface area contributed by atoms with Crippen molar-refractivity contribution in [2.45, 2.75) is 32.1 Å². The topological polar surface area (TPSA) is 65.5 Å². The van der Waals surface area contributed by atoms with Gasteiger partial charge in [-0.15, -0.1) is 0 Å². The van der Waals surface area contributed by atoms with Gasteiger partial charge in [0.1, 0.15) is 11.5 Å². The third-order valence-electron chi connectivity index (χ3n) is 5.79. The molecule has 1 aromatic heterocycles. The van der Waals surface area contributed by atoms with E-state index >= 15 is 0 Å². The maximum Gasteiger partial charge on any atom is 0.312 e. The number of carbonyl (C=O) groups is 2. The molecular weight excluding hydrogens is 390 g/mol. The normalized spacial score (nSPS) is 18.5.